The van der Waals surface area contributed by atoms with Gasteiger partial charge in [0, 0.05) is 23.2 Å². The fourth-order valence-electron chi connectivity index (χ4n) is 1.06. The Bertz CT molecular complexity index is 428. The number of allylic oxidation sites excluding steroid dienone is 1. The first-order valence-electron chi connectivity index (χ1n) is 4.08. The number of aromatic nitrogens is 1. The number of rotatable bonds is 3. The van der Waals surface area contributed by atoms with E-state index in [2.05, 4.69) is 0 Å². The van der Waals surface area contributed by atoms with E-state index in [1.54, 1.807) is 4.57 Å². The van der Waals surface area contributed by atoms with Gasteiger partial charge in [-0.2, -0.15) is 0 Å². The summed E-state index contributed by atoms with van der Waals surface area (Å²) in [6, 6.07) is 0. The van der Waals surface area contributed by atoms with E-state index in [1.807, 2.05) is 13.8 Å². The van der Waals surface area contributed by atoms with Gasteiger partial charge < -0.3 is 5.11 Å². The number of hydrogen-bond acceptors (Lipinski definition) is 3. The summed E-state index contributed by atoms with van der Waals surface area (Å²) in [5.74, 6) is -0.998. The molecule has 0 saturated carbocycles. The van der Waals surface area contributed by atoms with E-state index in [4.69, 9.17) is 5.11 Å². The summed E-state index contributed by atoms with van der Waals surface area (Å²) in [6.07, 6.45) is 2.50. The van der Waals surface area contributed by atoms with Gasteiger partial charge in [0.15, 0.2) is 0 Å². The van der Waals surface area contributed by atoms with Gasteiger partial charge in [-0.15, -0.1) is 0 Å². The van der Waals surface area contributed by atoms with Crippen molar-refractivity contribution >= 4 is 17.3 Å². The molecular formula is C9H11NO3S. The molecule has 1 aromatic heterocycles. The smallest absolute Gasteiger partial charge is 0.328 e. The molecule has 0 radical (unpaired) electrons. The van der Waals surface area contributed by atoms with Crippen molar-refractivity contribution in [3.63, 3.8) is 0 Å². The molecule has 4 nitrogen and oxygen atoms in total. The van der Waals surface area contributed by atoms with Gasteiger partial charge in [0.05, 0.1) is 0 Å². The summed E-state index contributed by atoms with van der Waals surface area (Å²) >= 11 is 1.18. The number of nitrogens with zero attached hydrogens (tertiary/aromatic N) is 1. The van der Waals surface area contributed by atoms with E-state index in [9.17, 15) is 9.59 Å². The normalized spacial score (nSPS) is 11.0. The van der Waals surface area contributed by atoms with Crippen LogP contribution in [-0.4, -0.2) is 15.6 Å². The van der Waals surface area contributed by atoms with Crippen LogP contribution in [0.3, 0.4) is 0 Å². The van der Waals surface area contributed by atoms with Gasteiger partial charge in [-0.25, -0.2) is 4.79 Å². The molecule has 1 heterocycles. The summed E-state index contributed by atoms with van der Waals surface area (Å²) in [5.41, 5.74) is 0.898. The van der Waals surface area contributed by atoms with Gasteiger partial charge >= 0.3 is 10.8 Å². The van der Waals surface area contributed by atoms with E-state index < -0.39 is 5.97 Å². The van der Waals surface area contributed by atoms with E-state index in [1.165, 1.54) is 17.4 Å². The van der Waals surface area contributed by atoms with Crippen LogP contribution in [0.4, 0.5) is 0 Å². The van der Waals surface area contributed by atoms with Crippen LogP contribution in [0.2, 0.25) is 0 Å². The monoisotopic (exact) mass is 213 g/mol. The number of carboxylic acids is 1. The molecule has 1 aromatic rings. The Morgan fingerprint density at radius 3 is 2.64 bits per heavy atom. The molecule has 0 bridgehead atoms. The van der Waals surface area contributed by atoms with Crippen LogP contribution in [0.15, 0.2) is 16.9 Å². The Labute approximate surface area is 85.1 Å². The Kier molecular flexibility index (Phi) is 3.24. The van der Waals surface area contributed by atoms with Crippen LogP contribution in [0.5, 0.6) is 0 Å². The van der Waals surface area contributed by atoms with Crippen molar-refractivity contribution in [2.24, 2.45) is 0 Å². The van der Waals surface area contributed by atoms with Gasteiger partial charge in [0.25, 0.3) is 0 Å². The molecule has 0 atom stereocenters. The van der Waals surface area contributed by atoms with Crippen molar-refractivity contribution in [1.29, 1.82) is 0 Å². The second-order valence-corrected chi connectivity index (χ2v) is 4.03. The van der Waals surface area contributed by atoms with Gasteiger partial charge in [0.1, 0.15) is 0 Å². The summed E-state index contributed by atoms with van der Waals surface area (Å²) < 4.78 is 1.56. The second kappa shape index (κ2) is 4.23. The lowest BCUT2D eigenvalue weighted by Crippen LogP contribution is -2.13. The zero-order chi connectivity index (χ0) is 10.7. The Morgan fingerprint density at radius 2 is 2.21 bits per heavy atom. The summed E-state index contributed by atoms with van der Waals surface area (Å²) in [5, 5.41) is 8.36. The quantitative estimate of drug-likeness (QED) is 0.767. The minimum atomic E-state index is -0.998. The molecule has 0 spiro atoms. The average Bonchev–Trinajstić information content (AvgIpc) is 2.31. The number of hydrogen-bond donors (Lipinski definition) is 1. The third kappa shape index (κ3) is 2.32. The summed E-state index contributed by atoms with van der Waals surface area (Å²) in [6.45, 7) is 4.04. The molecule has 76 valence electrons. The number of carboxylic acid groups (broad SMARTS) is 1. The SMILES string of the molecule is Cc1sc(=O)n(C/C=C/C(=O)O)c1C. The van der Waals surface area contributed by atoms with Crippen molar-refractivity contribution in [2.45, 2.75) is 20.4 Å². The lowest BCUT2D eigenvalue weighted by atomic mass is 10.4. The number of aryl methyl sites for hydroxylation is 1. The molecule has 5 heteroatoms. The molecule has 0 amide bonds. The predicted octanol–water partition coefficient (Wildman–Crippen LogP) is 1.17. The van der Waals surface area contributed by atoms with Crippen LogP contribution in [0.25, 0.3) is 0 Å². The standard InChI is InChI=1S/C9H11NO3S/c1-6-7(2)14-9(13)10(6)5-3-4-8(11)12/h3-4H,5H2,1-2H3,(H,11,12)/b4-3+. The third-order valence-corrected chi connectivity index (χ3v) is 2.92. The van der Waals surface area contributed by atoms with E-state index in [0.29, 0.717) is 6.54 Å². The van der Waals surface area contributed by atoms with Gasteiger partial charge in [-0.05, 0) is 13.8 Å². The van der Waals surface area contributed by atoms with Crippen LogP contribution < -0.4 is 4.87 Å². The number of thiazole rings is 1. The van der Waals surface area contributed by atoms with Crippen LogP contribution in [-0.2, 0) is 11.3 Å². The summed E-state index contributed by atoms with van der Waals surface area (Å²) in [4.78, 5) is 22.5. The maximum atomic E-state index is 11.3. The minimum Gasteiger partial charge on any atom is -0.478 e. The average molecular weight is 213 g/mol. The Hall–Kier alpha value is -1.36. The van der Waals surface area contributed by atoms with Gasteiger partial charge in [-0.3, -0.25) is 9.36 Å². The Morgan fingerprint density at radius 1 is 1.57 bits per heavy atom. The zero-order valence-electron chi connectivity index (χ0n) is 7.98. The molecule has 1 rings (SSSR count). The van der Waals surface area contributed by atoms with Gasteiger partial charge in [0.2, 0.25) is 0 Å². The van der Waals surface area contributed by atoms with Crippen molar-refractivity contribution in [3.8, 4) is 0 Å². The lowest BCUT2D eigenvalue weighted by molar-refractivity contribution is -0.131. The molecular weight excluding hydrogens is 202 g/mol. The van der Waals surface area contributed by atoms with Crippen molar-refractivity contribution < 1.29 is 9.90 Å². The molecule has 0 aliphatic rings. The number of aliphatic carboxylic acids is 1. The molecule has 0 saturated heterocycles. The Balaban J connectivity index is 2.87. The first-order chi connectivity index (χ1) is 6.52. The predicted molar refractivity (Wildman–Crippen MR) is 54.8 cm³/mol. The first kappa shape index (κ1) is 10.7. The lowest BCUT2D eigenvalue weighted by Gasteiger charge is -1.98. The zero-order valence-corrected chi connectivity index (χ0v) is 8.80. The highest BCUT2D eigenvalue weighted by Gasteiger charge is 2.04. The molecule has 0 aliphatic heterocycles. The van der Waals surface area contributed by atoms with Gasteiger partial charge in [-0.1, -0.05) is 17.4 Å². The highest BCUT2D eigenvalue weighted by Crippen LogP contribution is 2.08. The molecule has 0 aromatic carbocycles. The van der Waals surface area contributed by atoms with E-state index in [0.717, 1.165) is 16.6 Å². The molecule has 14 heavy (non-hydrogen) atoms. The van der Waals surface area contributed by atoms with E-state index in [-0.39, 0.29) is 4.87 Å². The fraction of sp³-hybridized carbons (Fsp3) is 0.333. The first-order valence-corrected chi connectivity index (χ1v) is 4.90. The second-order valence-electron chi connectivity index (χ2n) is 2.86. The minimum absolute atomic E-state index is 0.0463. The van der Waals surface area contributed by atoms with Crippen molar-refractivity contribution in [1.82, 2.24) is 4.57 Å². The summed E-state index contributed by atoms with van der Waals surface area (Å²) in [7, 11) is 0. The maximum absolute atomic E-state index is 11.3. The van der Waals surface area contributed by atoms with Crippen LogP contribution in [0, 0.1) is 13.8 Å². The third-order valence-electron chi connectivity index (χ3n) is 1.92. The van der Waals surface area contributed by atoms with Crippen LogP contribution in [0.1, 0.15) is 10.6 Å². The highest BCUT2D eigenvalue weighted by molar-refractivity contribution is 7.09. The highest BCUT2D eigenvalue weighted by atomic mass is 32.1. The largest absolute Gasteiger partial charge is 0.478 e. The molecule has 0 unspecified atom stereocenters. The van der Waals surface area contributed by atoms with Crippen LogP contribution >= 0.6 is 11.3 Å². The molecule has 0 aliphatic carbocycles. The van der Waals surface area contributed by atoms with E-state index >= 15 is 0 Å². The van der Waals surface area contributed by atoms with Crippen molar-refractivity contribution in [2.75, 3.05) is 0 Å². The molecule has 0 fully saturated rings. The fourth-order valence-corrected chi connectivity index (χ4v) is 1.90. The van der Waals surface area contributed by atoms with Crippen molar-refractivity contribution in [3.05, 3.63) is 32.4 Å². The number of carbonyl (C=O) groups is 1. The molecule has 1 N–H and O–H groups in total. The topological polar surface area (TPSA) is 59.3 Å². The maximum Gasteiger partial charge on any atom is 0.328 e.